The zero-order chi connectivity index (χ0) is 25.8. The molecule has 0 aliphatic heterocycles. The minimum atomic E-state index is -1.42. The summed E-state index contributed by atoms with van der Waals surface area (Å²) in [5.41, 5.74) is -1.30. The lowest BCUT2D eigenvalue weighted by molar-refractivity contribution is -0.204. The van der Waals surface area contributed by atoms with Crippen molar-refractivity contribution in [2.24, 2.45) is 34.5 Å². The fraction of sp³-hybridized carbons (Fsp3) is 0.786. The molecule has 0 radical (unpaired) electrons. The van der Waals surface area contributed by atoms with E-state index in [-0.39, 0.29) is 47.7 Å². The van der Waals surface area contributed by atoms with Crippen molar-refractivity contribution in [3.05, 3.63) is 11.6 Å². The highest BCUT2D eigenvalue weighted by molar-refractivity contribution is 5.93. The van der Waals surface area contributed by atoms with Crippen LogP contribution >= 0.6 is 0 Å². The molecule has 0 heterocycles. The van der Waals surface area contributed by atoms with Crippen molar-refractivity contribution in [3.8, 4) is 0 Å². The average molecular weight is 489 g/mol. The number of carbonyl (C=O) groups excluding carboxylic acids is 4. The second-order valence-corrected chi connectivity index (χ2v) is 11.7. The summed E-state index contributed by atoms with van der Waals surface area (Å²) in [4.78, 5) is 50.3. The van der Waals surface area contributed by atoms with E-state index in [2.05, 4.69) is 13.8 Å². The fourth-order valence-electron chi connectivity index (χ4n) is 8.42. The van der Waals surface area contributed by atoms with Crippen molar-refractivity contribution in [3.63, 3.8) is 0 Å². The van der Waals surface area contributed by atoms with Crippen molar-refractivity contribution >= 4 is 23.5 Å². The predicted molar refractivity (Wildman–Crippen MR) is 128 cm³/mol. The van der Waals surface area contributed by atoms with E-state index in [1.165, 1.54) is 0 Å². The number of ether oxygens (including phenoxy) is 2. The van der Waals surface area contributed by atoms with Crippen LogP contribution in [-0.2, 0) is 28.7 Å². The quantitative estimate of drug-likeness (QED) is 0.564. The van der Waals surface area contributed by atoms with Crippen LogP contribution in [0.3, 0.4) is 0 Å². The number of carbonyl (C=O) groups is 4. The molecule has 0 bridgehead atoms. The van der Waals surface area contributed by atoms with Crippen molar-refractivity contribution < 1.29 is 33.8 Å². The maximum Gasteiger partial charge on any atom is 0.306 e. The summed E-state index contributed by atoms with van der Waals surface area (Å²) < 4.78 is 11.2. The first-order valence-electron chi connectivity index (χ1n) is 13.3. The number of hydrogen-bond donors (Lipinski definition) is 1. The molecule has 3 fully saturated rings. The molecule has 7 nitrogen and oxygen atoms in total. The zero-order valence-electron chi connectivity index (χ0n) is 21.7. The van der Waals surface area contributed by atoms with Crippen LogP contribution in [0.1, 0.15) is 86.0 Å². The van der Waals surface area contributed by atoms with Gasteiger partial charge in [-0.15, -0.1) is 0 Å². The van der Waals surface area contributed by atoms with E-state index >= 15 is 0 Å². The number of Topliss-reactive ketones (excluding diaryl/α,β-unsaturated/α-hetero) is 1. The van der Waals surface area contributed by atoms with Gasteiger partial charge in [-0.2, -0.15) is 0 Å². The van der Waals surface area contributed by atoms with E-state index in [0.717, 1.165) is 18.4 Å². The first-order valence-corrected chi connectivity index (χ1v) is 13.3. The Hall–Kier alpha value is -2.02. The first kappa shape index (κ1) is 26.1. The molecule has 0 spiro atoms. The molecule has 4 aliphatic rings. The molecule has 0 saturated heterocycles. The fourth-order valence-corrected chi connectivity index (χ4v) is 8.42. The summed E-state index contributed by atoms with van der Waals surface area (Å²) in [6.45, 7) is 9.26. The van der Waals surface area contributed by atoms with E-state index in [1.54, 1.807) is 13.8 Å². The highest BCUT2D eigenvalue weighted by Gasteiger charge is 2.71. The molecule has 35 heavy (non-hydrogen) atoms. The van der Waals surface area contributed by atoms with Crippen LogP contribution in [0.15, 0.2) is 11.6 Å². The Morgan fingerprint density at radius 2 is 1.80 bits per heavy atom. The molecule has 7 heteroatoms. The van der Waals surface area contributed by atoms with Crippen LogP contribution in [0, 0.1) is 34.5 Å². The van der Waals surface area contributed by atoms with Crippen molar-refractivity contribution in [2.75, 3.05) is 6.61 Å². The van der Waals surface area contributed by atoms with Crippen LogP contribution in [0.5, 0.6) is 0 Å². The molecular formula is C28H40O7. The van der Waals surface area contributed by atoms with Crippen LogP contribution in [0.2, 0.25) is 0 Å². The van der Waals surface area contributed by atoms with Crippen LogP contribution in [-0.4, -0.2) is 46.9 Å². The largest absolute Gasteiger partial charge is 0.457 e. The Labute approximate surface area is 208 Å². The highest BCUT2D eigenvalue weighted by Crippen LogP contribution is 2.69. The van der Waals surface area contributed by atoms with Crippen LogP contribution in [0.4, 0.5) is 0 Å². The number of aliphatic hydroxyl groups excluding tert-OH is 1. The van der Waals surface area contributed by atoms with E-state index in [4.69, 9.17) is 9.47 Å². The number of ketones is 2. The van der Waals surface area contributed by atoms with Gasteiger partial charge < -0.3 is 14.6 Å². The lowest BCUT2D eigenvalue weighted by Gasteiger charge is -2.62. The van der Waals surface area contributed by atoms with Crippen LogP contribution in [0.25, 0.3) is 0 Å². The maximum absolute atomic E-state index is 13.7. The highest BCUT2D eigenvalue weighted by atomic mass is 16.6. The number of rotatable bonds is 6. The topological polar surface area (TPSA) is 107 Å². The predicted octanol–water partition coefficient (Wildman–Crippen LogP) is 3.95. The minimum absolute atomic E-state index is 0.0122. The third kappa shape index (κ3) is 3.89. The Morgan fingerprint density at radius 1 is 1.11 bits per heavy atom. The van der Waals surface area contributed by atoms with Crippen molar-refractivity contribution in [1.29, 1.82) is 0 Å². The summed E-state index contributed by atoms with van der Waals surface area (Å²) in [6.07, 6.45) is 4.86. The zero-order valence-corrected chi connectivity index (χ0v) is 21.7. The molecule has 4 aliphatic carbocycles. The number of fused-ring (bicyclic) bond motifs is 5. The van der Waals surface area contributed by atoms with E-state index in [0.29, 0.717) is 25.7 Å². The molecule has 2 unspecified atom stereocenters. The monoisotopic (exact) mass is 488 g/mol. The molecule has 0 aromatic heterocycles. The lowest BCUT2D eigenvalue weighted by atomic mass is 9.44. The normalized spacial score (nSPS) is 42.3. The van der Waals surface area contributed by atoms with E-state index in [9.17, 15) is 24.3 Å². The van der Waals surface area contributed by atoms with Gasteiger partial charge in [0.05, 0.1) is 6.10 Å². The van der Waals surface area contributed by atoms with Gasteiger partial charge in [0, 0.05) is 24.7 Å². The standard InChI is InChI=1S/C28H40O7/c1-6-23(32)34-15-22(31)28(35-24(33)7-2)11-9-19-18-12-16(3)20-13-17(29)8-10-26(20,4)25(18)21(30)14-27(19,28)5/h13,16,18-19,21,25,30H,6-12,14-15H2,1-5H3/t16?,18-,19-,21?,25+,26-,27-,28-/m0/s1. The number of allylic oxidation sites excluding steroid dienone is 1. The molecular weight excluding hydrogens is 448 g/mol. The smallest absolute Gasteiger partial charge is 0.306 e. The van der Waals surface area contributed by atoms with Crippen LogP contribution < -0.4 is 0 Å². The summed E-state index contributed by atoms with van der Waals surface area (Å²) in [5, 5.41) is 11.7. The van der Waals surface area contributed by atoms with Gasteiger partial charge in [0.1, 0.15) is 0 Å². The SMILES string of the molecule is CCC(=O)OCC(=O)[C@@]1(OC(=O)CC)CC[C@H]2[C@@H]3CC(C)C4=CC(=O)CC[C@]4(C)[C@H]3C(O)C[C@@]21C. The molecule has 3 saturated carbocycles. The summed E-state index contributed by atoms with van der Waals surface area (Å²) in [5.74, 6) is -0.756. The average Bonchev–Trinajstić information content (AvgIpc) is 3.10. The number of esters is 2. The second-order valence-electron chi connectivity index (χ2n) is 11.7. The Kier molecular flexibility index (Phi) is 6.80. The van der Waals surface area contributed by atoms with Gasteiger partial charge in [-0.1, -0.05) is 40.2 Å². The maximum atomic E-state index is 13.7. The molecule has 0 aromatic rings. The van der Waals surface area contributed by atoms with E-state index in [1.807, 2.05) is 13.0 Å². The summed E-state index contributed by atoms with van der Waals surface area (Å²) in [6, 6.07) is 0. The van der Waals surface area contributed by atoms with Gasteiger partial charge in [0.25, 0.3) is 0 Å². The third-order valence-corrected chi connectivity index (χ3v) is 10.0. The van der Waals surface area contributed by atoms with Crippen molar-refractivity contribution in [1.82, 2.24) is 0 Å². The minimum Gasteiger partial charge on any atom is -0.457 e. The molecule has 8 atom stereocenters. The van der Waals surface area contributed by atoms with Gasteiger partial charge >= 0.3 is 11.9 Å². The van der Waals surface area contributed by atoms with Crippen molar-refractivity contribution in [2.45, 2.75) is 97.7 Å². The Balaban J connectivity index is 1.73. The molecule has 0 aromatic carbocycles. The Morgan fingerprint density at radius 3 is 2.46 bits per heavy atom. The third-order valence-electron chi connectivity index (χ3n) is 10.0. The van der Waals surface area contributed by atoms with Gasteiger partial charge in [-0.3, -0.25) is 19.2 Å². The lowest BCUT2D eigenvalue weighted by Crippen LogP contribution is -2.63. The van der Waals surface area contributed by atoms with Gasteiger partial charge in [0.15, 0.2) is 18.0 Å². The van der Waals surface area contributed by atoms with Gasteiger partial charge in [-0.05, 0) is 67.3 Å². The van der Waals surface area contributed by atoms with Gasteiger partial charge in [-0.25, -0.2) is 0 Å². The van der Waals surface area contributed by atoms with E-state index < -0.39 is 41.4 Å². The molecule has 4 rings (SSSR count). The molecule has 0 amide bonds. The number of hydrogen-bond acceptors (Lipinski definition) is 7. The summed E-state index contributed by atoms with van der Waals surface area (Å²) >= 11 is 0. The molecule has 194 valence electrons. The first-order chi connectivity index (χ1) is 16.4. The number of aliphatic hydroxyl groups is 1. The Bertz CT molecular complexity index is 953. The van der Waals surface area contributed by atoms with Gasteiger partial charge in [0.2, 0.25) is 5.78 Å². The summed E-state index contributed by atoms with van der Waals surface area (Å²) in [7, 11) is 0. The molecule has 1 N–H and O–H groups in total. The second kappa shape index (κ2) is 9.13.